The summed E-state index contributed by atoms with van der Waals surface area (Å²) < 4.78 is 9.34. The molecule has 1 fully saturated rings. The molecule has 2 N–H and O–H groups in total. The average Bonchev–Trinajstić information content (AvgIpc) is 2.93. The number of likely N-dealkylation sites (tertiary alicyclic amines) is 1. The minimum Gasteiger partial charge on any atom is -0.453 e. The fraction of sp³-hybridized carbons (Fsp3) is 0.467. The summed E-state index contributed by atoms with van der Waals surface area (Å²) in [5.41, 5.74) is 4.80. The standard InChI is InChI=1S/C15H22N2O2.C15H20N2O2/c2*1-12-8-9-17(10-13-6-4-3-5-7-13)11-14(12)16-15(18)19-2/h3-7,12,14H,8-11H2,1-2H3,(H,16,18);3-7H,8-11H2,1-2H3,(H,16,18). The first-order valence-corrected chi connectivity index (χ1v) is 13.3. The molecule has 8 nitrogen and oxygen atoms in total. The third-order valence-corrected chi connectivity index (χ3v) is 7.17. The SMILES string of the molecule is COC(=O)NC1=C(C)CCN(Cc2ccccc2)C1.COC(=O)NC1CN(Cc2ccccc2)CCC1C. The van der Waals surface area contributed by atoms with E-state index in [1.807, 2.05) is 24.3 Å². The summed E-state index contributed by atoms with van der Waals surface area (Å²) >= 11 is 0. The van der Waals surface area contributed by atoms with Crippen molar-refractivity contribution >= 4 is 12.2 Å². The molecule has 0 bridgehead atoms. The van der Waals surface area contributed by atoms with Gasteiger partial charge < -0.3 is 14.8 Å². The van der Waals surface area contributed by atoms with E-state index in [0.717, 1.165) is 57.8 Å². The molecule has 38 heavy (non-hydrogen) atoms. The molecule has 2 aromatic carbocycles. The number of alkyl carbamates (subject to hydrolysis) is 2. The number of amides is 2. The summed E-state index contributed by atoms with van der Waals surface area (Å²) in [6.45, 7) is 9.82. The molecule has 2 amide bonds. The Morgan fingerprint density at radius 1 is 0.868 bits per heavy atom. The fourth-order valence-corrected chi connectivity index (χ4v) is 4.73. The van der Waals surface area contributed by atoms with E-state index in [2.05, 4.69) is 80.2 Å². The van der Waals surface area contributed by atoms with Crippen LogP contribution in [0.1, 0.15) is 37.8 Å². The van der Waals surface area contributed by atoms with Crippen LogP contribution in [-0.2, 0) is 22.6 Å². The molecular weight excluding hydrogens is 480 g/mol. The van der Waals surface area contributed by atoms with Gasteiger partial charge in [-0.25, -0.2) is 9.59 Å². The molecule has 2 aromatic rings. The maximum absolute atomic E-state index is 11.3. The van der Waals surface area contributed by atoms with Gasteiger partial charge in [-0.15, -0.1) is 0 Å². The first kappa shape index (κ1) is 29.2. The van der Waals surface area contributed by atoms with E-state index in [1.165, 1.54) is 30.9 Å². The molecule has 206 valence electrons. The largest absolute Gasteiger partial charge is 0.453 e. The van der Waals surface area contributed by atoms with E-state index in [0.29, 0.717) is 5.92 Å². The van der Waals surface area contributed by atoms with Crippen molar-refractivity contribution in [3.05, 3.63) is 83.1 Å². The minimum absolute atomic E-state index is 0.171. The van der Waals surface area contributed by atoms with Crippen LogP contribution in [0.4, 0.5) is 9.59 Å². The molecule has 8 heteroatoms. The number of methoxy groups -OCH3 is 2. The lowest BCUT2D eigenvalue weighted by molar-refractivity contribution is 0.123. The lowest BCUT2D eigenvalue weighted by Gasteiger charge is -2.37. The third kappa shape index (κ3) is 9.50. The van der Waals surface area contributed by atoms with Crippen molar-refractivity contribution in [1.82, 2.24) is 20.4 Å². The molecule has 2 heterocycles. The highest BCUT2D eigenvalue weighted by Crippen LogP contribution is 2.20. The molecule has 1 saturated heterocycles. The predicted octanol–water partition coefficient (Wildman–Crippen LogP) is 4.78. The average molecular weight is 523 g/mol. The number of rotatable bonds is 6. The highest BCUT2D eigenvalue weighted by molar-refractivity contribution is 5.69. The maximum atomic E-state index is 11.3. The normalized spacial score (nSPS) is 20.1. The van der Waals surface area contributed by atoms with Crippen LogP contribution in [0, 0.1) is 5.92 Å². The van der Waals surface area contributed by atoms with Crippen LogP contribution in [0.15, 0.2) is 71.9 Å². The second-order valence-electron chi connectivity index (χ2n) is 10.1. The Labute approximate surface area is 227 Å². The van der Waals surface area contributed by atoms with Crippen LogP contribution in [0.3, 0.4) is 0 Å². The van der Waals surface area contributed by atoms with Crippen LogP contribution in [0.2, 0.25) is 0 Å². The number of carbonyl (C=O) groups is 2. The van der Waals surface area contributed by atoms with Crippen LogP contribution in [-0.4, -0.2) is 68.4 Å². The van der Waals surface area contributed by atoms with Crippen molar-refractivity contribution < 1.29 is 19.1 Å². The van der Waals surface area contributed by atoms with Gasteiger partial charge in [-0.3, -0.25) is 15.1 Å². The van der Waals surface area contributed by atoms with Gasteiger partial charge in [-0.2, -0.15) is 0 Å². The molecular formula is C30H42N4O4. The number of hydrogen-bond donors (Lipinski definition) is 2. The number of carbonyl (C=O) groups excluding carboxylic acids is 2. The molecule has 0 radical (unpaired) electrons. The number of ether oxygens (including phenoxy) is 2. The minimum atomic E-state index is -0.393. The number of nitrogens with zero attached hydrogens (tertiary/aromatic N) is 2. The van der Waals surface area contributed by atoms with Gasteiger partial charge in [-0.1, -0.05) is 73.2 Å². The summed E-state index contributed by atoms with van der Waals surface area (Å²) in [7, 11) is 2.79. The van der Waals surface area contributed by atoms with Gasteiger partial charge in [0.15, 0.2) is 0 Å². The van der Waals surface area contributed by atoms with Gasteiger partial charge >= 0.3 is 12.2 Å². The van der Waals surface area contributed by atoms with Gasteiger partial charge in [0.2, 0.25) is 0 Å². The predicted molar refractivity (Wildman–Crippen MR) is 149 cm³/mol. The van der Waals surface area contributed by atoms with Gasteiger partial charge in [-0.05, 0) is 43.4 Å². The summed E-state index contributed by atoms with van der Waals surface area (Å²) in [5.74, 6) is 0.492. The van der Waals surface area contributed by atoms with Crippen LogP contribution < -0.4 is 10.6 Å². The molecule has 0 aliphatic carbocycles. The first-order chi connectivity index (χ1) is 18.4. The second-order valence-corrected chi connectivity index (χ2v) is 10.1. The lowest BCUT2D eigenvalue weighted by atomic mass is 9.93. The summed E-state index contributed by atoms with van der Waals surface area (Å²) in [5, 5.41) is 5.74. The Kier molecular flexibility index (Phi) is 11.6. The van der Waals surface area contributed by atoms with Crippen molar-refractivity contribution in [2.75, 3.05) is 40.4 Å². The van der Waals surface area contributed by atoms with Gasteiger partial charge in [0.05, 0.1) is 14.2 Å². The van der Waals surface area contributed by atoms with Crippen LogP contribution in [0.25, 0.3) is 0 Å². The smallest absolute Gasteiger partial charge is 0.411 e. The van der Waals surface area contributed by atoms with Crippen molar-refractivity contribution in [2.24, 2.45) is 5.92 Å². The maximum Gasteiger partial charge on any atom is 0.411 e. The molecule has 2 aliphatic rings. The Hall–Kier alpha value is -3.36. The zero-order valence-electron chi connectivity index (χ0n) is 23.1. The van der Waals surface area contributed by atoms with Crippen molar-refractivity contribution in [2.45, 2.75) is 45.8 Å². The van der Waals surface area contributed by atoms with Gasteiger partial charge in [0, 0.05) is 44.5 Å². The monoisotopic (exact) mass is 522 g/mol. The number of hydrogen-bond acceptors (Lipinski definition) is 6. The first-order valence-electron chi connectivity index (χ1n) is 13.3. The number of nitrogens with one attached hydrogen (secondary N) is 2. The third-order valence-electron chi connectivity index (χ3n) is 7.17. The lowest BCUT2D eigenvalue weighted by Crippen LogP contribution is -2.51. The highest BCUT2D eigenvalue weighted by Gasteiger charge is 2.27. The molecule has 0 aromatic heterocycles. The second kappa shape index (κ2) is 15.1. The Morgan fingerprint density at radius 3 is 2.03 bits per heavy atom. The molecule has 2 aliphatic heterocycles. The van der Waals surface area contributed by atoms with Crippen molar-refractivity contribution in [3.8, 4) is 0 Å². The van der Waals surface area contributed by atoms with Crippen LogP contribution >= 0.6 is 0 Å². The van der Waals surface area contributed by atoms with E-state index in [1.54, 1.807) is 0 Å². The van der Waals surface area contributed by atoms with Gasteiger partial charge in [0.25, 0.3) is 0 Å². The summed E-state index contributed by atoms with van der Waals surface area (Å²) in [6.07, 6.45) is 1.35. The molecule has 0 saturated carbocycles. The Morgan fingerprint density at radius 2 is 1.45 bits per heavy atom. The van der Waals surface area contributed by atoms with Gasteiger partial charge in [0.1, 0.15) is 0 Å². The zero-order valence-corrected chi connectivity index (χ0v) is 23.1. The fourth-order valence-electron chi connectivity index (χ4n) is 4.73. The van der Waals surface area contributed by atoms with E-state index in [9.17, 15) is 9.59 Å². The van der Waals surface area contributed by atoms with E-state index in [-0.39, 0.29) is 12.1 Å². The quantitative estimate of drug-likeness (QED) is 0.569. The van der Waals surface area contributed by atoms with E-state index >= 15 is 0 Å². The Bertz CT molecular complexity index is 1040. The number of piperidine rings is 1. The van der Waals surface area contributed by atoms with Crippen molar-refractivity contribution in [3.63, 3.8) is 0 Å². The van der Waals surface area contributed by atoms with E-state index < -0.39 is 6.09 Å². The van der Waals surface area contributed by atoms with E-state index in [4.69, 9.17) is 0 Å². The Balaban J connectivity index is 0.000000211. The highest BCUT2D eigenvalue weighted by atomic mass is 16.5. The molecule has 2 unspecified atom stereocenters. The van der Waals surface area contributed by atoms with Crippen LogP contribution in [0.5, 0.6) is 0 Å². The topological polar surface area (TPSA) is 83.1 Å². The zero-order chi connectivity index (χ0) is 27.3. The molecule has 4 rings (SSSR count). The molecule has 0 spiro atoms. The number of benzene rings is 2. The van der Waals surface area contributed by atoms with Crippen molar-refractivity contribution in [1.29, 1.82) is 0 Å². The molecule has 2 atom stereocenters. The summed E-state index contributed by atoms with van der Waals surface area (Å²) in [6, 6.07) is 21.0. The summed E-state index contributed by atoms with van der Waals surface area (Å²) in [4.78, 5) is 27.4.